The second kappa shape index (κ2) is 7.53. The van der Waals surface area contributed by atoms with Crippen LogP contribution in [0.1, 0.15) is 26.7 Å². The van der Waals surface area contributed by atoms with Crippen molar-refractivity contribution in [2.45, 2.75) is 26.7 Å². The van der Waals surface area contributed by atoms with Gasteiger partial charge in [-0.3, -0.25) is 0 Å². The maximum atomic E-state index is 5.77. The lowest BCUT2D eigenvalue weighted by Gasteiger charge is -2.29. The Kier molecular flexibility index (Phi) is 5.72. The monoisotopic (exact) mass is 276 g/mol. The molecule has 0 bridgehead atoms. The summed E-state index contributed by atoms with van der Waals surface area (Å²) in [7, 11) is 2.21. The Labute approximate surface area is 123 Å². The van der Waals surface area contributed by atoms with E-state index in [1.54, 1.807) is 0 Å². The standard InChI is InChI=1S/C17H28N2O/c1-14(2)13-20-17-6-4-5-16(11-17)18-12-15-7-9-19(3)10-8-15/h4-6,11,14-15,18H,7-10,12-13H2,1-3H3. The van der Waals surface area contributed by atoms with Gasteiger partial charge in [-0.1, -0.05) is 19.9 Å². The molecule has 3 heteroatoms. The van der Waals surface area contributed by atoms with Crippen LogP contribution in [0.2, 0.25) is 0 Å². The number of nitrogens with one attached hydrogen (secondary N) is 1. The van der Waals surface area contributed by atoms with Crippen molar-refractivity contribution in [3.63, 3.8) is 0 Å². The molecule has 0 saturated carbocycles. The minimum Gasteiger partial charge on any atom is -0.493 e. The van der Waals surface area contributed by atoms with Crippen LogP contribution in [0.5, 0.6) is 5.75 Å². The second-order valence-corrected chi connectivity index (χ2v) is 6.36. The summed E-state index contributed by atoms with van der Waals surface area (Å²) in [5.74, 6) is 2.32. The van der Waals surface area contributed by atoms with Crippen LogP contribution in [0.25, 0.3) is 0 Å². The SMILES string of the molecule is CC(C)COc1cccc(NCC2CCN(C)CC2)c1. The average molecular weight is 276 g/mol. The summed E-state index contributed by atoms with van der Waals surface area (Å²) in [6.45, 7) is 8.64. The van der Waals surface area contributed by atoms with Gasteiger partial charge in [-0.15, -0.1) is 0 Å². The van der Waals surface area contributed by atoms with Gasteiger partial charge in [0.25, 0.3) is 0 Å². The Hall–Kier alpha value is -1.22. The zero-order chi connectivity index (χ0) is 14.4. The third-order valence-corrected chi connectivity index (χ3v) is 3.85. The van der Waals surface area contributed by atoms with E-state index in [-0.39, 0.29) is 0 Å². The molecule has 20 heavy (non-hydrogen) atoms. The third kappa shape index (κ3) is 5.04. The molecule has 1 saturated heterocycles. The van der Waals surface area contributed by atoms with Crippen LogP contribution in [-0.2, 0) is 0 Å². The molecule has 0 unspecified atom stereocenters. The van der Waals surface area contributed by atoms with E-state index >= 15 is 0 Å². The number of hydrogen-bond donors (Lipinski definition) is 1. The van der Waals surface area contributed by atoms with Crippen LogP contribution in [0.15, 0.2) is 24.3 Å². The fraction of sp³-hybridized carbons (Fsp3) is 0.647. The highest BCUT2D eigenvalue weighted by Crippen LogP contribution is 2.20. The molecular formula is C17H28N2O. The Morgan fingerprint density at radius 3 is 2.75 bits per heavy atom. The summed E-state index contributed by atoms with van der Waals surface area (Å²) in [6.07, 6.45) is 2.60. The maximum Gasteiger partial charge on any atom is 0.121 e. The Balaban J connectivity index is 1.79. The van der Waals surface area contributed by atoms with Gasteiger partial charge in [0, 0.05) is 18.3 Å². The van der Waals surface area contributed by atoms with E-state index in [0.29, 0.717) is 5.92 Å². The number of piperidine rings is 1. The molecule has 1 fully saturated rings. The fourth-order valence-electron chi connectivity index (χ4n) is 2.49. The smallest absolute Gasteiger partial charge is 0.121 e. The molecule has 0 aliphatic carbocycles. The first kappa shape index (κ1) is 15.2. The van der Waals surface area contributed by atoms with Crippen LogP contribution >= 0.6 is 0 Å². The van der Waals surface area contributed by atoms with Gasteiger partial charge in [0.05, 0.1) is 6.61 Å². The van der Waals surface area contributed by atoms with Gasteiger partial charge < -0.3 is 15.0 Å². The van der Waals surface area contributed by atoms with Crippen LogP contribution < -0.4 is 10.1 Å². The highest BCUT2D eigenvalue weighted by atomic mass is 16.5. The van der Waals surface area contributed by atoms with Gasteiger partial charge in [0.1, 0.15) is 5.75 Å². The first-order valence-electron chi connectivity index (χ1n) is 7.79. The van der Waals surface area contributed by atoms with Gasteiger partial charge in [0.15, 0.2) is 0 Å². The molecule has 1 aliphatic heterocycles. The van der Waals surface area contributed by atoms with Crippen molar-refractivity contribution in [1.29, 1.82) is 0 Å². The summed E-state index contributed by atoms with van der Waals surface area (Å²) < 4.78 is 5.77. The van der Waals surface area contributed by atoms with Gasteiger partial charge in [-0.2, -0.15) is 0 Å². The van der Waals surface area contributed by atoms with Gasteiger partial charge in [0.2, 0.25) is 0 Å². The minimum atomic E-state index is 0.561. The summed E-state index contributed by atoms with van der Waals surface area (Å²) in [6, 6.07) is 8.32. The lowest BCUT2D eigenvalue weighted by atomic mass is 9.97. The zero-order valence-corrected chi connectivity index (χ0v) is 13.1. The number of benzene rings is 1. The zero-order valence-electron chi connectivity index (χ0n) is 13.1. The Bertz CT molecular complexity index is 398. The van der Waals surface area contributed by atoms with E-state index in [9.17, 15) is 0 Å². The second-order valence-electron chi connectivity index (χ2n) is 6.36. The minimum absolute atomic E-state index is 0.561. The summed E-state index contributed by atoms with van der Waals surface area (Å²) >= 11 is 0. The highest BCUT2D eigenvalue weighted by molar-refractivity contribution is 5.48. The molecule has 1 aromatic carbocycles. The van der Waals surface area contributed by atoms with Crippen molar-refractivity contribution in [2.24, 2.45) is 11.8 Å². The largest absolute Gasteiger partial charge is 0.493 e. The molecule has 1 N–H and O–H groups in total. The lowest BCUT2D eigenvalue weighted by Crippen LogP contribution is -2.32. The molecule has 0 radical (unpaired) electrons. The number of hydrogen-bond acceptors (Lipinski definition) is 3. The van der Waals surface area contributed by atoms with Crippen molar-refractivity contribution in [3.8, 4) is 5.75 Å². The highest BCUT2D eigenvalue weighted by Gasteiger charge is 2.16. The van der Waals surface area contributed by atoms with E-state index in [2.05, 4.69) is 49.3 Å². The normalized spacial score (nSPS) is 17.4. The molecule has 1 heterocycles. The molecule has 0 spiro atoms. The van der Waals surface area contributed by atoms with E-state index in [1.165, 1.54) is 31.6 Å². The van der Waals surface area contributed by atoms with E-state index in [0.717, 1.165) is 24.8 Å². The predicted octanol–water partition coefficient (Wildman–Crippen LogP) is 3.48. The summed E-state index contributed by atoms with van der Waals surface area (Å²) in [5, 5.41) is 3.56. The quantitative estimate of drug-likeness (QED) is 0.861. The van der Waals surface area contributed by atoms with Crippen LogP contribution in [-0.4, -0.2) is 38.2 Å². The topological polar surface area (TPSA) is 24.5 Å². The molecule has 0 atom stereocenters. The number of ether oxygens (including phenoxy) is 1. The third-order valence-electron chi connectivity index (χ3n) is 3.85. The molecule has 3 nitrogen and oxygen atoms in total. The van der Waals surface area contributed by atoms with Gasteiger partial charge in [-0.25, -0.2) is 0 Å². The van der Waals surface area contributed by atoms with Crippen LogP contribution in [0.3, 0.4) is 0 Å². The molecule has 2 rings (SSSR count). The number of anilines is 1. The Morgan fingerprint density at radius 2 is 2.05 bits per heavy atom. The first-order valence-corrected chi connectivity index (χ1v) is 7.79. The van der Waals surface area contributed by atoms with E-state index in [4.69, 9.17) is 4.74 Å². The van der Waals surface area contributed by atoms with Crippen molar-refractivity contribution in [3.05, 3.63) is 24.3 Å². The van der Waals surface area contributed by atoms with Crippen molar-refractivity contribution >= 4 is 5.69 Å². The van der Waals surface area contributed by atoms with Gasteiger partial charge in [-0.05, 0) is 56.9 Å². The average Bonchev–Trinajstić information content (AvgIpc) is 2.45. The number of nitrogens with zero attached hydrogens (tertiary/aromatic N) is 1. The van der Waals surface area contributed by atoms with Crippen LogP contribution in [0, 0.1) is 11.8 Å². The van der Waals surface area contributed by atoms with Gasteiger partial charge >= 0.3 is 0 Å². The fourth-order valence-corrected chi connectivity index (χ4v) is 2.49. The molecule has 112 valence electrons. The maximum absolute atomic E-state index is 5.77. The summed E-state index contributed by atoms with van der Waals surface area (Å²) in [5.41, 5.74) is 1.17. The molecule has 1 aliphatic rings. The first-order chi connectivity index (χ1) is 9.63. The Morgan fingerprint density at radius 1 is 1.30 bits per heavy atom. The molecule has 1 aromatic rings. The van der Waals surface area contributed by atoms with Crippen molar-refractivity contribution < 1.29 is 4.74 Å². The molecule has 0 aromatic heterocycles. The number of likely N-dealkylation sites (tertiary alicyclic amines) is 1. The number of rotatable bonds is 6. The van der Waals surface area contributed by atoms with Crippen LogP contribution in [0.4, 0.5) is 5.69 Å². The molecule has 0 amide bonds. The molecular weight excluding hydrogens is 248 g/mol. The summed E-state index contributed by atoms with van der Waals surface area (Å²) in [4.78, 5) is 2.41. The van der Waals surface area contributed by atoms with E-state index in [1.807, 2.05) is 6.07 Å². The predicted molar refractivity (Wildman–Crippen MR) is 85.5 cm³/mol. The van der Waals surface area contributed by atoms with E-state index < -0.39 is 0 Å². The van der Waals surface area contributed by atoms with Crippen molar-refractivity contribution in [1.82, 2.24) is 4.90 Å². The lowest BCUT2D eigenvalue weighted by molar-refractivity contribution is 0.226. The van der Waals surface area contributed by atoms with Crippen molar-refractivity contribution in [2.75, 3.05) is 38.6 Å².